The minimum Gasteiger partial charge on any atom is -0.342 e. The van der Waals surface area contributed by atoms with Crippen LogP contribution >= 0.6 is 15.9 Å². The molecule has 1 saturated heterocycles. The SMILES string of the molecule is CC1(C)NC(=O)CCN(Cc2cncc(Br)c2)C1=O. The van der Waals surface area contributed by atoms with Gasteiger partial charge in [0.25, 0.3) is 0 Å². The molecule has 0 saturated carbocycles. The Bertz CT molecular complexity index is 516. The average Bonchev–Trinajstić information content (AvgIpc) is 2.40. The van der Waals surface area contributed by atoms with Crippen molar-refractivity contribution in [1.29, 1.82) is 0 Å². The third-order valence-corrected chi connectivity index (χ3v) is 3.45. The van der Waals surface area contributed by atoms with Gasteiger partial charge in [-0.15, -0.1) is 0 Å². The van der Waals surface area contributed by atoms with Crippen molar-refractivity contribution in [2.45, 2.75) is 32.4 Å². The summed E-state index contributed by atoms with van der Waals surface area (Å²) in [5, 5.41) is 2.74. The lowest BCUT2D eigenvalue weighted by atomic mass is 10.0. The summed E-state index contributed by atoms with van der Waals surface area (Å²) in [6, 6.07) is 1.92. The minimum absolute atomic E-state index is 0.0710. The van der Waals surface area contributed by atoms with Gasteiger partial charge in [-0.1, -0.05) is 0 Å². The van der Waals surface area contributed by atoms with Crippen LogP contribution in [0.4, 0.5) is 0 Å². The standard InChI is InChI=1S/C13H16BrN3O2/c1-13(2)12(19)17(4-3-11(18)16-13)8-9-5-10(14)7-15-6-9/h5-7H,3-4,8H2,1-2H3,(H,16,18). The molecule has 0 bridgehead atoms. The summed E-state index contributed by atoms with van der Waals surface area (Å²) in [4.78, 5) is 29.7. The highest BCUT2D eigenvalue weighted by molar-refractivity contribution is 9.10. The van der Waals surface area contributed by atoms with Gasteiger partial charge in [0.15, 0.2) is 0 Å². The first-order valence-corrected chi connectivity index (χ1v) is 6.87. The number of nitrogens with zero attached hydrogens (tertiary/aromatic N) is 2. The summed E-state index contributed by atoms with van der Waals surface area (Å²) in [6.07, 6.45) is 3.75. The molecule has 2 heterocycles. The van der Waals surface area contributed by atoms with E-state index in [1.54, 1.807) is 31.1 Å². The molecule has 1 aromatic heterocycles. The molecule has 19 heavy (non-hydrogen) atoms. The third kappa shape index (κ3) is 3.32. The highest BCUT2D eigenvalue weighted by atomic mass is 79.9. The number of pyridine rings is 1. The summed E-state index contributed by atoms with van der Waals surface area (Å²) in [6.45, 7) is 4.35. The number of hydrogen-bond acceptors (Lipinski definition) is 3. The molecule has 2 rings (SSSR count). The van der Waals surface area contributed by atoms with Crippen molar-refractivity contribution in [3.8, 4) is 0 Å². The van der Waals surface area contributed by atoms with Crippen LogP contribution in [0.3, 0.4) is 0 Å². The molecule has 102 valence electrons. The summed E-state index contributed by atoms with van der Waals surface area (Å²) in [5.41, 5.74) is 0.0837. The van der Waals surface area contributed by atoms with E-state index in [1.165, 1.54) is 0 Å². The number of nitrogens with one attached hydrogen (secondary N) is 1. The molecule has 0 atom stereocenters. The van der Waals surface area contributed by atoms with E-state index >= 15 is 0 Å². The molecule has 0 aromatic carbocycles. The molecule has 0 spiro atoms. The number of hydrogen-bond donors (Lipinski definition) is 1. The lowest BCUT2D eigenvalue weighted by Gasteiger charge is -2.28. The zero-order valence-corrected chi connectivity index (χ0v) is 12.5. The Morgan fingerprint density at radius 3 is 2.84 bits per heavy atom. The Labute approximate surface area is 120 Å². The molecule has 0 radical (unpaired) electrons. The van der Waals surface area contributed by atoms with E-state index in [9.17, 15) is 9.59 Å². The van der Waals surface area contributed by atoms with E-state index in [0.29, 0.717) is 19.5 Å². The van der Waals surface area contributed by atoms with Crippen LogP contribution in [0.2, 0.25) is 0 Å². The van der Waals surface area contributed by atoms with Gasteiger partial charge in [0.05, 0.1) is 0 Å². The first-order chi connectivity index (χ1) is 8.88. The maximum absolute atomic E-state index is 12.4. The Morgan fingerprint density at radius 1 is 1.42 bits per heavy atom. The largest absolute Gasteiger partial charge is 0.342 e. The molecule has 6 heteroatoms. The Hall–Kier alpha value is -1.43. The molecule has 1 N–H and O–H groups in total. The summed E-state index contributed by atoms with van der Waals surface area (Å²) >= 11 is 3.36. The molecular formula is C13H16BrN3O2. The van der Waals surface area contributed by atoms with Gasteiger partial charge in [-0.05, 0) is 41.4 Å². The molecular weight excluding hydrogens is 310 g/mol. The number of amides is 2. The second kappa shape index (κ2) is 5.28. The second-order valence-corrected chi connectivity index (χ2v) is 6.08. The summed E-state index contributed by atoms with van der Waals surface area (Å²) in [5.74, 6) is -0.161. The van der Waals surface area contributed by atoms with Crippen molar-refractivity contribution >= 4 is 27.7 Å². The Kier molecular flexibility index (Phi) is 3.89. The summed E-state index contributed by atoms with van der Waals surface area (Å²) in [7, 11) is 0. The number of rotatable bonds is 2. The van der Waals surface area contributed by atoms with Gasteiger partial charge in [0.1, 0.15) is 5.54 Å². The van der Waals surface area contributed by atoms with E-state index in [0.717, 1.165) is 10.0 Å². The number of halogens is 1. The predicted octanol–water partition coefficient (Wildman–Crippen LogP) is 1.47. The molecule has 1 aliphatic rings. The van der Waals surface area contributed by atoms with Crippen molar-refractivity contribution in [2.24, 2.45) is 0 Å². The van der Waals surface area contributed by atoms with Crippen LogP contribution < -0.4 is 5.32 Å². The van der Waals surface area contributed by atoms with Gasteiger partial charge < -0.3 is 10.2 Å². The van der Waals surface area contributed by atoms with Crippen LogP contribution in [0.1, 0.15) is 25.8 Å². The summed E-state index contributed by atoms with van der Waals surface area (Å²) < 4.78 is 0.876. The van der Waals surface area contributed by atoms with Crippen LogP contribution in [-0.4, -0.2) is 33.8 Å². The molecule has 0 aliphatic carbocycles. The van der Waals surface area contributed by atoms with E-state index in [2.05, 4.69) is 26.2 Å². The fourth-order valence-corrected chi connectivity index (χ4v) is 2.52. The van der Waals surface area contributed by atoms with Crippen LogP contribution in [0.15, 0.2) is 22.9 Å². The monoisotopic (exact) mass is 325 g/mol. The topological polar surface area (TPSA) is 62.3 Å². The zero-order valence-electron chi connectivity index (χ0n) is 10.9. The fraction of sp³-hybridized carbons (Fsp3) is 0.462. The number of carbonyl (C=O) groups is 2. The average molecular weight is 326 g/mol. The maximum Gasteiger partial charge on any atom is 0.248 e. The normalized spacial score (nSPS) is 19.0. The molecule has 1 fully saturated rings. The van der Waals surface area contributed by atoms with Gasteiger partial charge in [-0.3, -0.25) is 14.6 Å². The molecule has 0 unspecified atom stereocenters. The van der Waals surface area contributed by atoms with Crippen LogP contribution in [0.25, 0.3) is 0 Å². The van der Waals surface area contributed by atoms with E-state index in [-0.39, 0.29) is 11.8 Å². The first-order valence-electron chi connectivity index (χ1n) is 6.08. The third-order valence-electron chi connectivity index (χ3n) is 3.02. The van der Waals surface area contributed by atoms with Gasteiger partial charge >= 0.3 is 0 Å². The van der Waals surface area contributed by atoms with Crippen molar-refractivity contribution in [1.82, 2.24) is 15.2 Å². The van der Waals surface area contributed by atoms with Crippen molar-refractivity contribution in [3.63, 3.8) is 0 Å². The predicted molar refractivity (Wildman–Crippen MR) is 74.2 cm³/mol. The smallest absolute Gasteiger partial charge is 0.248 e. The molecule has 2 amide bonds. The van der Waals surface area contributed by atoms with Crippen LogP contribution in [0, 0.1) is 0 Å². The van der Waals surface area contributed by atoms with Crippen molar-refractivity contribution in [2.75, 3.05) is 6.54 Å². The van der Waals surface area contributed by atoms with E-state index in [4.69, 9.17) is 0 Å². The zero-order chi connectivity index (χ0) is 14.0. The van der Waals surface area contributed by atoms with Crippen molar-refractivity contribution in [3.05, 3.63) is 28.5 Å². The Balaban J connectivity index is 2.19. The van der Waals surface area contributed by atoms with Gasteiger partial charge in [0, 0.05) is 36.4 Å². The lowest BCUT2D eigenvalue weighted by Crippen LogP contribution is -2.52. The fourth-order valence-electron chi connectivity index (χ4n) is 2.11. The molecule has 1 aliphatic heterocycles. The highest BCUT2D eigenvalue weighted by Crippen LogP contribution is 2.17. The van der Waals surface area contributed by atoms with E-state index in [1.807, 2.05) is 6.07 Å². The van der Waals surface area contributed by atoms with Gasteiger partial charge in [-0.25, -0.2) is 0 Å². The van der Waals surface area contributed by atoms with Crippen molar-refractivity contribution < 1.29 is 9.59 Å². The molecule has 1 aromatic rings. The molecule has 5 nitrogen and oxygen atoms in total. The first kappa shape index (κ1) is 14.0. The Morgan fingerprint density at radius 2 is 2.16 bits per heavy atom. The minimum atomic E-state index is -0.854. The lowest BCUT2D eigenvalue weighted by molar-refractivity contribution is -0.137. The van der Waals surface area contributed by atoms with Crippen LogP contribution in [-0.2, 0) is 16.1 Å². The second-order valence-electron chi connectivity index (χ2n) is 5.16. The quantitative estimate of drug-likeness (QED) is 0.895. The van der Waals surface area contributed by atoms with E-state index < -0.39 is 5.54 Å². The van der Waals surface area contributed by atoms with Gasteiger partial charge in [0.2, 0.25) is 11.8 Å². The van der Waals surface area contributed by atoms with Crippen LogP contribution in [0.5, 0.6) is 0 Å². The number of aromatic nitrogens is 1. The maximum atomic E-state index is 12.4. The highest BCUT2D eigenvalue weighted by Gasteiger charge is 2.36. The number of carbonyl (C=O) groups excluding carboxylic acids is 2. The van der Waals surface area contributed by atoms with Gasteiger partial charge in [-0.2, -0.15) is 0 Å².